The third-order valence-electron chi connectivity index (χ3n) is 3.63. The number of nitrogens with two attached hydrogens (primary N) is 1. The van der Waals surface area contributed by atoms with E-state index in [1.807, 2.05) is 12.1 Å². The average molecular weight is 262 g/mol. The number of nitrogens with one attached hydrogen (secondary N) is 1. The Hall–Kier alpha value is -1.51. The van der Waals surface area contributed by atoms with Gasteiger partial charge >= 0.3 is 0 Å². The van der Waals surface area contributed by atoms with Crippen molar-refractivity contribution in [1.82, 2.24) is 0 Å². The van der Waals surface area contributed by atoms with Gasteiger partial charge in [0.05, 0.1) is 12.4 Å². The lowest BCUT2D eigenvalue weighted by Gasteiger charge is -2.23. The zero-order valence-electron chi connectivity index (χ0n) is 12.3. The Kier molecular flexibility index (Phi) is 5.87. The van der Waals surface area contributed by atoms with E-state index in [2.05, 4.69) is 32.9 Å². The maximum absolute atomic E-state index is 7.13. The summed E-state index contributed by atoms with van der Waals surface area (Å²) < 4.78 is 5.68. The Morgan fingerprint density at radius 3 is 2.37 bits per heavy atom. The Bertz CT molecular complexity index is 396. The van der Waals surface area contributed by atoms with Crippen LogP contribution < -0.4 is 10.5 Å². The van der Waals surface area contributed by atoms with Crippen molar-refractivity contribution in [3.05, 3.63) is 29.8 Å². The summed E-state index contributed by atoms with van der Waals surface area (Å²) in [5.41, 5.74) is 6.87. The van der Waals surface area contributed by atoms with Gasteiger partial charge < -0.3 is 10.5 Å². The molecule has 1 aromatic carbocycles. The number of amidine groups is 1. The molecule has 0 aromatic heterocycles. The van der Waals surface area contributed by atoms with Crippen LogP contribution in [0.4, 0.5) is 0 Å². The first-order chi connectivity index (χ1) is 8.95. The van der Waals surface area contributed by atoms with Gasteiger partial charge in [0.2, 0.25) is 0 Å². The van der Waals surface area contributed by atoms with Crippen molar-refractivity contribution in [2.45, 2.75) is 51.9 Å². The number of hydrogen-bond donors (Lipinski definition) is 2. The summed E-state index contributed by atoms with van der Waals surface area (Å²) in [5, 5.41) is 7.13. The molecule has 0 radical (unpaired) electrons. The number of ether oxygens (including phenoxy) is 1. The standard InChI is InChI=1S/C16H26N2O/c1-4-16(2,3)13-8-10-14(11-9-13)19-12-6-5-7-15(17)18/h8-11H,4-7,12H2,1-3H3,(H3,17,18). The highest BCUT2D eigenvalue weighted by Crippen LogP contribution is 2.28. The normalized spacial score (nSPS) is 11.3. The van der Waals surface area contributed by atoms with E-state index in [1.165, 1.54) is 5.56 Å². The highest BCUT2D eigenvalue weighted by atomic mass is 16.5. The number of hydrogen-bond acceptors (Lipinski definition) is 2. The van der Waals surface area contributed by atoms with Crippen LogP contribution in [0.5, 0.6) is 5.75 Å². The van der Waals surface area contributed by atoms with Crippen LogP contribution in [0.2, 0.25) is 0 Å². The van der Waals surface area contributed by atoms with Crippen LogP contribution in [0.3, 0.4) is 0 Å². The molecule has 0 atom stereocenters. The van der Waals surface area contributed by atoms with E-state index in [-0.39, 0.29) is 11.3 Å². The lowest BCUT2D eigenvalue weighted by atomic mass is 9.82. The van der Waals surface area contributed by atoms with Gasteiger partial charge in [0.1, 0.15) is 5.75 Å². The lowest BCUT2D eigenvalue weighted by molar-refractivity contribution is 0.307. The van der Waals surface area contributed by atoms with Gasteiger partial charge in [-0.1, -0.05) is 32.9 Å². The molecule has 0 spiro atoms. The second kappa shape index (κ2) is 7.17. The number of benzene rings is 1. The SMILES string of the molecule is CCC(C)(C)c1ccc(OCCCCC(=N)N)cc1. The lowest BCUT2D eigenvalue weighted by Crippen LogP contribution is -2.15. The molecular weight excluding hydrogens is 236 g/mol. The fraction of sp³-hybridized carbons (Fsp3) is 0.562. The van der Waals surface area contributed by atoms with Crippen molar-refractivity contribution in [3.63, 3.8) is 0 Å². The molecular formula is C16H26N2O. The minimum Gasteiger partial charge on any atom is -0.494 e. The molecule has 0 saturated carbocycles. The molecule has 0 aliphatic rings. The fourth-order valence-electron chi connectivity index (χ4n) is 1.81. The molecule has 0 unspecified atom stereocenters. The highest BCUT2D eigenvalue weighted by Gasteiger charge is 2.17. The van der Waals surface area contributed by atoms with Crippen molar-refractivity contribution in [2.24, 2.45) is 5.73 Å². The van der Waals surface area contributed by atoms with Crippen LogP contribution in [0.15, 0.2) is 24.3 Å². The predicted molar refractivity (Wildman–Crippen MR) is 81.0 cm³/mol. The van der Waals surface area contributed by atoms with Gasteiger partial charge in [-0.3, -0.25) is 5.41 Å². The van der Waals surface area contributed by atoms with Gasteiger partial charge in [-0.05, 0) is 42.4 Å². The summed E-state index contributed by atoms with van der Waals surface area (Å²) in [6.07, 6.45) is 3.63. The molecule has 3 N–H and O–H groups in total. The smallest absolute Gasteiger partial charge is 0.119 e. The average Bonchev–Trinajstić information content (AvgIpc) is 2.38. The summed E-state index contributed by atoms with van der Waals surface area (Å²) >= 11 is 0. The summed E-state index contributed by atoms with van der Waals surface area (Å²) in [6, 6.07) is 8.37. The maximum Gasteiger partial charge on any atom is 0.119 e. The molecule has 1 rings (SSSR count). The first kappa shape index (κ1) is 15.5. The van der Waals surface area contributed by atoms with Gasteiger partial charge in [-0.25, -0.2) is 0 Å². The van der Waals surface area contributed by atoms with Crippen LogP contribution >= 0.6 is 0 Å². The van der Waals surface area contributed by atoms with Gasteiger partial charge in [0.25, 0.3) is 0 Å². The van der Waals surface area contributed by atoms with E-state index in [0.717, 1.165) is 25.0 Å². The molecule has 3 nitrogen and oxygen atoms in total. The molecule has 0 aliphatic heterocycles. The minimum atomic E-state index is 0.222. The van der Waals surface area contributed by atoms with E-state index in [9.17, 15) is 0 Å². The second-order valence-corrected chi connectivity index (χ2v) is 5.59. The molecule has 106 valence electrons. The van der Waals surface area contributed by atoms with Crippen LogP contribution in [-0.4, -0.2) is 12.4 Å². The molecule has 0 heterocycles. The minimum absolute atomic E-state index is 0.222. The summed E-state index contributed by atoms with van der Waals surface area (Å²) in [5.74, 6) is 1.17. The third-order valence-corrected chi connectivity index (χ3v) is 3.63. The van der Waals surface area contributed by atoms with E-state index < -0.39 is 0 Å². The monoisotopic (exact) mass is 262 g/mol. The zero-order chi connectivity index (χ0) is 14.3. The topological polar surface area (TPSA) is 59.1 Å². The van der Waals surface area contributed by atoms with Gasteiger partial charge in [0, 0.05) is 6.42 Å². The van der Waals surface area contributed by atoms with Crippen molar-refractivity contribution >= 4 is 5.84 Å². The molecule has 19 heavy (non-hydrogen) atoms. The Morgan fingerprint density at radius 1 is 1.21 bits per heavy atom. The fourth-order valence-corrected chi connectivity index (χ4v) is 1.81. The summed E-state index contributed by atoms with van der Waals surface area (Å²) in [6.45, 7) is 7.40. The molecule has 0 aliphatic carbocycles. The second-order valence-electron chi connectivity index (χ2n) is 5.59. The van der Waals surface area contributed by atoms with Gasteiger partial charge in [-0.2, -0.15) is 0 Å². The number of unbranched alkanes of at least 4 members (excludes halogenated alkanes) is 1. The van der Waals surface area contributed by atoms with Crippen LogP contribution in [0, 0.1) is 5.41 Å². The van der Waals surface area contributed by atoms with E-state index in [0.29, 0.717) is 13.0 Å². The molecule has 0 fully saturated rings. The van der Waals surface area contributed by atoms with Crippen molar-refractivity contribution in [1.29, 1.82) is 5.41 Å². The van der Waals surface area contributed by atoms with Crippen LogP contribution in [-0.2, 0) is 5.41 Å². The van der Waals surface area contributed by atoms with Gasteiger partial charge in [0.15, 0.2) is 0 Å². The zero-order valence-corrected chi connectivity index (χ0v) is 12.3. The quantitative estimate of drug-likeness (QED) is 0.424. The van der Waals surface area contributed by atoms with E-state index >= 15 is 0 Å². The third kappa shape index (κ3) is 5.33. The molecule has 1 aromatic rings. The Labute approximate surface area is 116 Å². The van der Waals surface area contributed by atoms with Gasteiger partial charge in [-0.15, -0.1) is 0 Å². The molecule has 0 amide bonds. The van der Waals surface area contributed by atoms with Crippen molar-refractivity contribution in [2.75, 3.05) is 6.61 Å². The molecule has 0 bridgehead atoms. The Morgan fingerprint density at radius 2 is 1.84 bits per heavy atom. The summed E-state index contributed by atoms with van der Waals surface area (Å²) in [4.78, 5) is 0. The first-order valence-corrected chi connectivity index (χ1v) is 7.02. The molecule has 0 saturated heterocycles. The van der Waals surface area contributed by atoms with Crippen molar-refractivity contribution in [3.8, 4) is 5.75 Å². The summed E-state index contributed by atoms with van der Waals surface area (Å²) in [7, 11) is 0. The maximum atomic E-state index is 7.13. The van der Waals surface area contributed by atoms with Crippen LogP contribution in [0.1, 0.15) is 52.0 Å². The highest BCUT2D eigenvalue weighted by molar-refractivity contribution is 5.76. The Balaban J connectivity index is 2.38. The largest absolute Gasteiger partial charge is 0.494 e. The molecule has 3 heteroatoms. The van der Waals surface area contributed by atoms with E-state index in [1.54, 1.807) is 0 Å². The predicted octanol–water partition coefficient (Wildman–Crippen LogP) is 3.86. The van der Waals surface area contributed by atoms with E-state index in [4.69, 9.17) is 15.9 Å². The van der Waals surface area contributed by atoms with Crippen LogP contribution in [0.25, 0.3) is 0 Å². The first-order valence-electron chi connectivity index (χ1n) is 7.02. The number of rotatable bonds is 8. The van der Waals surface area contributed by atoms with Crippen molar-refractivity contribution < 1.29 is 4.74 Å².